The van der Waals surface area contributed by atoms with E-state index in [4.69, 9.17) is 9.84 Å². The van der Waals surface area contributed by atoms with Crippen molar-refractivity contribution in [3.05, 3.63) is 17.5 Å². The summed E-state index contributed by atoms with van der Waals surface area (Å²) in [6.07, 6.45) is -0.657. The predicted molar refractivity (Wildman–Crippen MR) is 55.6 cm³/mol. The molecule has 0 unspecified atom stereocenters. The first kappa shape index (κ1) is 13.0. The molecule has 1 atom stereocenters. The minimum absolute atomic E-state index is 0. The lowest BCUT2D eigenvalue weighted by Crippen LogP contribution is -2.04. The van der Waals surface area contributed by atoms with Gasteiger partial charge in [0.25, 0.3) is 0 Å². The molecular formula is C8H14N2O3S. The summed E-state index contributed by atoms with van der Waals surface area (Å²) in [4.78, 5) is 11.1. The van der Waals surface area contributed by atoms with Crippen molar-refractivity contribution in [1.29, 1.82) is 0 Å². The smallest absolute Gasteiger partial charge is 0.358 e. The van der Waals surface area contributed by atoms with Gasteiger partial charge in [0.05, 0.1) is 18.4 Å². The van der Waals surface area contributed by atoms with Gasteiger partial charge in [-0.3, -0.25) is 5.10 Å². The molecule has 1 aromatic heterocycles. The number of nitrogens with one attached hydrogen (secondary N) is 1. The van der Waals surface area contributed by atoms with Crippen LogP contribution in [-0.2, 0) is 4.74 Å². The predicted octanol–water partition coefficient (Wildman–Crippen LogP) is 0.752. The summed E-state index contributed by atoms with van der Waals surface area (Å²) in [5, 5.41) is 15.4. The van der Waals surface area contributed by atoms with E-state index in [1.165, 1.54) is 6.07 Å². The molecule has 0 radical (unpaired) electrons. The summed E-state index contributed by atoms with van der Waals surface area (Å²) in [7, 11) is 0. The van der Waals surface area contributed by atoms with Gasteiger partial charge in [0.15, 0.2) is 5.69 Å². The molecule has 0 bridgehead atoms. The van der Waals surface area contributed by atoms with Crippen LogP contribution in [0.25, 0.3) is 0 Å². The molecule has 0 amide bonds. The molecule has 80 valence electrons. The molecule has 1 rings (SSSR count). The zero-order chi connectivity index (χ0) is 9.84. The normalized spacial score (nSPS) is 11.6. The number of ether oxygens (including phenoxy) is 1. The zero-order valence-electron chi connectivity index (χ0n) is 8.07. The number of aromatic nitrogens is 2. The van der Waals surface area contributed by atoms with Crippen LogP contribution in [0.1, 0.15) is 36.1 Å². The second-order valence-electron chi connectivity index (χ2n) is 2.60. The summed E-state index contributed by atoms with van der Waals surface area (Å²) >= 11 is 0. The number of carbonyl (C=O) groups is 1. The van der Waals surface area contributed by atoms with Gasteiger partial charge in [-0.1, -0.05) is 0 Å². The van der Waals surface area contributed by atoms with Gasteiger partial charge in [0.1, 0.15) is 0 Å². The Kier molecular flexibility index (Phi) is 5.26. The van der Waals surface area contributed by atoms with Crippen molar-refractivity contribution in [2.24, 2.45) is 0 Å². The van der Waals surface area contributed by atoms with Crippen LogP contribution in [0.4, 0.5) is 0 Å². The molecule has 0 fully saturated rings. The maximum Gasteiger partial charge on any atom is 0.358 e. The summed E-state index contributed by atoms with van der Waals surface area (Å²) < 4.78 is 4.72. The van der Waals surface area contributed by atoms with Crippen LogP contribution in [-0.4, -0.2) is 27.9 Å². The molecule has 0 aliphatic carbocycles. The van der Waals surface area contributed by atoms with Crippen LogP contribution in [0.15, 0.2) is 6.07 Å². The van der Waals surface area contributed by atoms with Gasteiger partial charge in [0.2, 0.25) is 0 Å². The van der Waals surface area contributed by atoms with Crippen molar-refractivity contribution in [1.82, 2.24) is 10.2 Å². The molecular weight excluding hydrogens is 204 g/mol. The number of rotatable bonds is 3. The molecule has 6 heteroatoms. The lowest BCUT2D eigenvalue weighted by atomic mass is 10.2. The average molecular weight is 218 g/mol. The van der Waals surface area contributed by atoms with Crippen molar-refractivity contribution >= 4 is 19.5 Å². The van der Waals surface area contributed by atoms with E-state index in [0.717, 1.165) is 0 Å². The largest absolute Gasteiger partial charge is 0.461 e. The van der Waals surface area contributed by atoms with E-state index < -0.39 is 12.1 Å². The van der Waals surface area contributed by atoms with Crippen LogP contribution in [0.5, 0.6) is 0 Å². The van der Waals surface area contributed by atoms with Gasteiger partial charge in [-0.25, -0.2) is 4.79 Å². The standard InChI is InChI=1S/C8H12N2O3.H2S/c1-3-13-8(12)7-4-6(5(2)11)9-10-7;/h4-5,11H,3H2,1-2H3,(H,9,10);1H2/t5-;/m0./s1. The molecule has 14 heavy (non-hydrogen) atoms. The Balaban J connectivity index is 0.00000169. The summed E-state index contributed by atoms with van der Waals surface area (Å²) in [5.41, 5.74) is 0.695. The third-order valence-corrected chi connectivity index (χ3v) is 1.53. The van der Waals surface area contributed by atoms with Crippen molar-refractivity contribution in [3.8, 4) is 0 Å². The van der Waals surface area contributed by atoms with Crippen LogP contribution in [0.3, 0.4) is 0 Å². The first-order valence-corrected chi connectivity index (χ1v) is 4.05. The Labute approximate surface area is 88.9 Å². The molecule has 0 aliphatic heterocycles. The number of H-pyrrole nitrogens is 1. The number of hydrogen-bond acceptors (Lipinski definition) is 4. The maximum atomic E-state index is 11.1. The molecule has 0 spiro atoms. The highest BCUT2D eigenvalue weighted by atomic mass is 32.1. The number of hydrogen-bond donors (Lipinski definition) is 2. The third kappa shape index (κ3) is 3.04. The second kappa shape index (κ2) is 5.66. The van der Waals surface area contributed by atoms with Gasteiger partial charge in [-0.2, -0.15) is 18.6 Å². The van der Waals surface area contributed by atoms with Gasteiger partial charge >= 0.3 is 5.97 Å². The molecule has 0 aromatic carbocycles. The van der Waals surface area contributed by atoms with E-state index in [2.05, 4.69) is 10.2 Å². The van der Waals surface area contributed by atoms with Crippen molar-refractivity contribution < 1.29 is 14.6 Å². The molecule has 0 saturated carbocycles. The molecule has 2 N–H and O–H groups in total. The molecule has 0 aliphatic rings. The van der Waals surface area contributed by atoms with Gasteiger partial charge in [-0.05, 0) is 19.9 Å². The van der Waals surface area contributed by atoms with E-state index in [1.54, 1.807) is 13.8 Å². The van der Waals surface area contributed by atoms with E-state index >= 15 is 0 Å². The number of nitrogens with zero attached hydrogens (tertiary/aromatic N) is 1. The third-order valence-electron chi connectivity index (χ3n) is 1.53. The summed E-state index contributed by atoms with van der Waals surface area (Å²) in [6, 6.07) is 1.47. The molecule has 1 aromatic rings. The first-order valence-electron chi connectivity index (χ1n) is 4.05. The zero-order valence-corrected chi connectivity index (χ0v) is 9.07. The SMILES string of the molecule is CCOC(=O)c1cc([C@H](C)O)[nH]n1.S. The molecule has 5 nitrogen and oxygen atoms in total. The van der Waals surface area contributed by atoms with Crippen molar-refractivity contribution in [2.75, 3.05) is 6.61 Å². The summed E-state index contributed by atoms with van der Waals surface area (Å²) in [5.74, 6) is -0.481. The highest BCUT2D eigenvalue weighted by Crippen LogP contribution is 2.09. The fraction of sp³-hybridized carbons (Fsp3) is 0.500. The van der Waals surface area contributed by atoms with Crippen LogP contribution < -0.4 is 0 Å². The monoisotopic (exact) mass is 218 g/mol. The van der Waals surface area contributed by atoms with Crippen molar-refractivity contribution in [2.45, 2.75) is 20.0 Å². The minimum Gasteiger partial charge on any atom is -0.461 e. The maximum absolute atomic E-state index is 11.1. The van der Waals surface area contributed by atoms with Crippen LogP contribution >= 0.6 is 13.5 Å². The van der Waals surface area contributed by atoms with Gasteiger partial charge < -0.3 is 9.84 Å². The van der Waals surface area contributed by atoms with Gasteiger partial charge in [0, 0.05) is 0 Å². The van der Waals surface area contributed by atoms with E-state index in [0.29, 0.717) is 12.3 Å². The Morgan fingerprint density at radius 3 is 2.86 bits per heavy atom. The topological polar surface area (TPSA) is 75.2 Å². The Bertz CT molecular complexity index is 299. The minimum atomic E-state index is -0.657. The van der Waals surface area contributed by atoms with E-state index in [-0.39, 0.29) is 19.2 Å². The van der Waals surface area contributed by atoms with E-state index in [1.807, 2.05) is 0 Å². The highest BCUT2D eigenvalue weighted by Gasteiger charge is 2.12. The fourth-order valence-electron chi connectivity index (χ4n) is 0.860. The molecule has 1 heterocycles. The van der Waals surface area contributed by atoms with Crippen molar-refractivity contribution in [3.63, 3.8) is 0 Å². The number of aliphatic hydroxyl groups is 1. The first-order chi connectivity index (χ1) is 6.15. The molecule has 0 saturated heterocycles. The number of aromatic amines is 1. The van der Waals surface area contributed by atoms with E-state index in [9.17, 15) is 4.79 Å². The Morgan fingerprint density at radius 1 is 1.79 bits per heavy atom. The fourth-order valence-corrected chi connectivity index (χ4v) is 0.860. The highest BCUT2D eigenvalue weighted by molar-refractivity contribution is 7.59. The Hall–Kier alpha value is -1.01. The van der Waals surface area contributed by atoms with Crippen LogP contribution in [0, 0.1) is 0 Å². The van der Waals surface area contributed by atoms with Crippen LogP contribution in [0.2, 0.25) is 0 Å². The lowest BCUT2D eigenvalue weighted by molar-refractivity contribution is 0.0519. The Morgan fingerprint density at radius 2 is 2.43 bits per heavy atom. The summed E-state index contributed by atoms with van der Waals surface area (Å²) in [6.45, 7) is 3.62. The second-order valence-corrected chi connectivity index (χ2v) is 2.60. The average Bonchev–Trinajstić information content (AvgIpc) is 2.52. The quantitative estimate of drug-likeness (QED) is 0.734. The van der Waals surface area contributed by atoms with Gasteiger partial charge in [-0.15, -0.1) is 0 Å². The lowest BCUT2D eigenvalue weighted by Gasteiger charge is -1.96. The number of carbonyl (C=O) groups excluding carboxylic acids is 1. The number of esters is 1. The number of aliphatic hydroxyl groups excluding tert-OH is 1.